The molecule has 0 aliphatic heterocycles. The van der Waals surface area contributed by atoms with Crippen LogP contribution in [0.15, 0.2) is 12.1 Å². The number of aryl methyl sites for hydroxylation is 2. The number of thiazole rings is 1. The molecule has 1 heterocycles. The summed E-state index contributed by atoms with van der Waals surface area (Å²) in [5.41, 5.74) is 3.70. The molecule has 0 radical (unpaired) electrons. The highest BCUT2D eigenvalue weighted by Crippen LogP contribution is 2.29. The van der Waals surface area contributed by atoms with Crippen molar-refractivity contribution in [3.8, 4) is 9.85 Å². The van der Waals surface area contributed by atoms with Gasteiger partial charge < -0.3 is 4.90 Å². The van der Waals surface area contributed by atoms with Crippen LogP contribution in [0.1, 0.15) is 11.1 Å². The van der Waals surface area contributed by atoms with Crippen molar-refractivity contribution >= 4 is 49.3 Å². The number of nitrogens with zero attached hydrogens (tertiary/aromatic N) is 2. The van der Waals surface area contributed by atoms with Crippen LogP contribution in [-0.2, 0) is 0 Å². The molecule has 0 N–H and O–H groups in total. The molecule has 0 spiro atoms. The topological polar surface area (TPSA) is 16.1 Å². The largest absolute Gasteiger partial charge is 0.340 e. The first-order valence-corrected chi connectivity index (χ1v) is 7.18. The quantitative estimate of drug-likeness (QED) is 0.602. The predicted octanol–water partition coefficient (Wildman–Crippen LogP) is 3.75. The summed E-state index contributed by atoms with van der Waals surface area (Å²) in [6, 6.07) is 4.37. The van der Waals surface area contributed by atoms with Crippen LogP contribution in [0.4, 0.5) is 5.13 Å². The summed E-state index contributed by atoms with van der Waals surface area (Å²) in [5, 5.41) is 1.03. The maximum atomic E-state index is 4.64. The average molecular weight is 356 g/mol. The SMILES string of the molecule is Cc1cc2nc(N(C)CC#CI)sc2cc1C. The van der Waals surface area contributed by atoms with Gasteiger partial charge in [-0.1, -0.05) is 17.3 Å². The van der Waals surface area contributed by atoms with E-state index < -0.39 is 0 Å². The second-order valence-corrected chi connectivity index (χ2v) is 5.58. The molecule has 2 nitrogen and oxygen atoms in total. The van der Waals surface area contributed by atoms with E-state index in [0.717, 1.165) is 17.2 Å². The molecule has 2 rings (SSSR count). The summed E-state index contributed by atoms with van der Waals surface area (Å²) in [6.07, 6.45) is 0. The summed E-state index contributed by atoms with van der Waals surface area (Å²) in [6.45, 7) is 4.99. The Morgan fingerprint density at radius 1 is 1.35 bits per heavy atom. The number of anilines is 1. The first kappa shape index (κ1) is 12.7. The summed E-state index contributed by atoms with van der Waals surface area (Å²) < 4.78 is 4.12. The minimum atomic E-state index is 0.723. The van der Waals surface area contributed by atoms with Gasteiger partial charge in [-0.15, -0.1) is 0 Å². The van der Waals surface area contributed by atoms with Gasteiger partial charge in [0.25, 0.3) is 0 Å². The van der Waals surface area contributed by atoms with Crippen molar-refractivity contribution in [1.82, 2.24) is 4.98 Å². The fourth-order valence-electron chi connectivity index (χ4n) is 1.55. The number of fused-ring (bicyclic) bond motifs is 1. The molecule has 1 aromatic carbocycles. The molecular formula is C13H13IN2S. The van der Waals surface area contributed by atoms with Gasteiger partial charge in [-0.25, -0.2) is 4.98 Å². The third kappa shape index (κ3) is 2.72. The Labute approximate surface area is 119 Å². The van der Waals surface area contributed by atoms with Crippen LogP contribution in [0.25, 0.3) is 10.2 Å². The van der Waals surface area contributed by atoms with Crippen LogP contribution >= 0.6 is 33.9 Å². The normalized spacial score (nSPS) is 10.1. The maximum Gasteiger partial charge on any atom is 0.186 e. The maximum absolute atomic E-state index is 4.64. The van der Waals surface area contributed by atoms with Gasteiger partial charge in [-0.3, -0.25) is 0 Å². The van der Waals surface area contributed by atoms with Crippen molar-refractivity contribution < 1.29 is 0 Å². The number of halogens is 1. The molecule has 0 amide bonds. The van der Waals surface area contributed by atoms with Gasteiger partial charge in [-0.2, -0.15) is 0 Å². The van der Waals surface area contributed by atoms with E-state index in [4.69, 9.17) is 0 Å². The summed E-state index contributed by atoms with van der Waals surface area (Å²) in [5.74, 6) is 3.04. The van der Waals surface area contributed by atoms with Crippen molar-refractivity contribution in [3.63, 3.8) is 0 Å². The van der Waals surface area contributed by atoms with Crippen LogP contribution < -0.4 is 4.90 Å². The predicted molar refractivity (Wildman–Crippen MR) is 84.2 cm³/mol. The monoisotopic (exact) mass is 356 g/mol. The summed E-state index contributed by atoms with van der Waals surface area (Å²) in [7, 11) is 2.03. The van der Waals surface area contributed by atoms with E-state index in [0.29, 0.717) is 0 Å². The number of hydrogen-bond donors (Lipinski definition) is 0. The molecule has 0 unspecified atom stereocenters. The molecule has 0 bridgehead atoms. The van der Waals surface area contributed by atoms with Gasteiger partial charge in [0.05, 0.1) is 16.8 Å². The Morgan fingerprint density at radius 2 is 2.06 bits per heavy atom. The van der Waals surface area contributed by atoms with E-state index >= 15 is 0 Å². The number of rotatable bonds is 2. The van der Waals surface area contributed by atoms with Crippen LogP contribution in [0, 0.1) is 23.7 Å². The van der Waals surface area contributed by atoms with Crippen LogP contribution in [0.5, 0.6) is 0 Å². The molecule has 4 heteroatoms. The van der Waals surface area contributed by atoms with Crippen molar-refractivity contribution in [1.29, 1.82) is 0 Å². The Bertz CT molecular complexity index is 568. The van der Waals surface area contributed by atoms with E-state index in [-0.39, 0.29) is 0 Å². The second-order valence-electron chi connectivity index (χ2n) is 4.03. The van der Waals surface area contributed by atoms with E-state index in [1.54, 1.807) is 11.3 Å². The molecule has 88 valence electrons. The molecule has 0 fully saturated rings. The first-order chi connectivity index (χ1) is 8.11. The Kier molecular flexibility index (Phi) is 3.89. The molecule has 0 aliphatic carbocycles. The lowest BCUT2D eigenvalue weighted by Crippen LogP contribution is -2.16. The molecule has 1 aromatic heterocycles. The van der Waals surface area contributed by atoms with Crippen molar-refractivity contribution in [2.45, 2.75) is 13.8 Å². The molecule has 0 saturated heterocycles. The van der Waals surface area contributed by atoms with E-state index in [1.807, 2.05) is 7.05 Å². The number of hydrogen-bond acceptors (Lipinski definition) is 3. The average Bonchev–Trinajstić information content (AvgIpc) is 2.69. The molecule has 0 saturated carbocycles. The van der Waals surface area contributed by atoms with E-state index in [9.17, 15) is 0 Å². The lowest BCUT2D eigenvalue weighted by Gasteiger charge is -2.10. The van der Waals surface area contributed by atoms with Crippen LogP contribution in [-0.4, -0.2) is 18.6 Å². The number of aromatic nitrogens is 1. The zero-order valence-corrected chi connectivity index (χ0v) is 13.0. The smallest absolute Gasteiger partial charge is 0.186 e. The molecular weight excluding hydrogens is 343 g/mol. The Hall–Kier alpha value is -0.800. The summed E-state index contributed by atoms with van der Waals surface area (Å²) in [4.78, 5) is 6.73. The fraction of sp³-hybridized carbons (Fsp3) is 0.308. The molecule has 0 atom stereocenters. The van der Waals surface area contributed by atoms with Gasteiger partial charge >= 0.3 is 0 Å². The van der Waals surface area contributed by atoms with Crippen molar-refractivity contribution in [3.05, 3.63) is 23.3 Å². The lowest BCUT2D eigenvalue weighted by atomic mass is 10.1. The van der Waals surface area contributed by atoms with Gasteiger partial charge in [0, 0.05) is 29.6 Å². The van der Waals surface area contributed by atoms with Crippen LogP contribution in [0.2, 0.25) is 0 Å². The minimum Gasteiger partial charge on any atom is -0.340 e. The molecule has 0 aliphatic rings. The number of benzene rings is 1. The van der Waals surface area contributed by atoms with Gasteiger partial charge in [-0.05, 0) is 41.0 Å². The van der Waals surface area contributed by atoms with Crippen molar-refractivity contribution in [2.24, 2.45) is 0 Å². The van der Waals surface area contributed by atoms with Crippen molar-refractivity contribution in [2.75, 3.05) is 18.5 Å². The van der Waals surface area contributed by atoms with Gasteiger partial charge in [0.2, 0.25) is 0 Å². The van der Waals surface area contributed by atoms with Crippen LogP contribution in [0.3, 0.4) is 0 Å². The fourth-order valence-corrected chi connectivity index (χ4v) is 2.72. The van der Waals surface area contributed by atoms with Gasteiger partial charge in [0.1, 0.15) is 0 Å². The third-order valence-corrected chi connectivity index (χ3v) is 4.22. The second kappa shape index (κ2) is 5.23. The summed E-state index contributed by atoms with van der Waals surface area (Å²) >= 11 is 3.78. The highest BCUT2D eigenvalue weighted by atomic mass is 127. The highest BCUT2D eigenvalue weighted by molar-refractivity contribution is 14.1. The van der Waals surface area contributed by atoms with Gasteiger partial charge in [0.15, 0.2) is 5.13 Å². The molecule has 2 aromatic rings. The van der Waals surface area contributed by atoms with E-state index in [2.05, 4.69) is 68.3 Å². The van der Waals surface area contributed by atoms with E-state index in [1.165, 1.54) is 15.8 Å². The standard InChI is InChI=1S/C13H13IN2S/c1-9-7-11-12(8-10(9)2)17-13(15-11)16(3)6-4-5-14/h7-8H,6H2,1-3H3. The molecule has 17 heavy (non-hydrogen) atoms. The minimum absolute atomic E-state index is 0.723. The Morgan fingerprint density at radius 3 is 2.76 bits per heavy atom. The third-order valence-electron chi connectivity index (χ3n) is 2.70. The zero-order valence-electron chi connectivity index (χ0n) is 10.0. The zero-order chi connectivity index (χ0) is 12.4. The first-order valence-electron chi connectivity index (χ1n) is 5.29. The lowest BCUT2D eigenvalue weighted by molar-refractivity contribution is 1.04. The highest BCUT2D eigenvalue weighted by Gasteiger charge is 2.08. The Balaban J connectivity index is 2.39.